The van der Waals surface area contributed by atoms with Crippen molar-refractivity contribution in [1.82, 2.24) is 0 Å². The molecule has 0 aromatic heterocycles. The molecule has 0 amide bonds. The Morgan fingerprint density at radius 2 is 0.875 bits per heavy atom. The fraction of sp³-hybridized carbons (Fsp3) is 0.556. The van der Waals surface area contributed by atoms with E-state index >= 15 is 0 Å². The topological polar surface area (TPSA) is 0 Å². The van der Waals surface area contributed by atoms with Gasteiger partial charge in [-0.15, -0.1) is 0 Å². The van der Waals surface area contributed by atoms with E-state index in [1.54, 1.807) is 31.2 Å². The predicted octanol–water partition coefficient (Wildman–Crippen LogP) is 6.89. The van der Waals surface area contributed by atoms with Gasteiger partial charge < -0.3 is 17.3 Å². The molecule has 137 valence electrons. The van der Waals surface area contributed by atoms with Crippen LogP contribution in [0.4, 0.5) is 17.3 Å². The summed E-state index contributed by atoms with van der Waals surface area (Å²) in [5.41, 5.74) is 9.26. The minimum atomic E-state index is -6.00. The number of rotatable bonds is 2. The predicted molar refractivity (Wildman–Crippen MR) is 90.7 cm³/mol. The molecule has 0 N–H and O–H groups in total. The van der Waals surface area contributed by atoms with Crippen molar-refractivity contribution in [2.45, 2.75) is 55.4 Å². The molecule has 0 aromatic rings. The minimum Gasteiger partial charge on any atom is -0.418 e. The van der Waals surface area contributed by atoms with Crippen LogP contribution < -0.4 is 0 Å². The zero-order valence-electron chi connectivity index (χ0n) is 15.6. The van der Waals surface area contributed by atoms with Crippen LogP contribution in [0.1, 0.15) is 55.4 Å². The molecule has 0 aliphatic heterocycles. The average Bonchev–Trinajstić information content (AvgIpc) is 2.75. The summed E-state index contributed by atoms with van der Waals surface area (Å²) >= 11 is 1.17. The van der Waals surface area contributed by atoms with Crippen LogP contribution in [0.2, 0.25) is 0 Å². The molecule has 0 bridgehead atoms. The molecule has 24 heavy (non-hydrogen) atoms. The third-order valence-electron chi connectivity index (χ3n) is 5.23. The Kier molecular flexibility index (Phi) is 6.80. The van der Waals surface area contributed by atoms with Gasteiger partial charge in [-0.2, -0.15) is 0 Å². The molecule has 0 fully saturated rings. The van der Waals surface area contributed by atoms with Crippen molar-refractivity contribution >= 4 is 7.25 Å². The largest absolute Gasteiger partial charge is 0.673 e. The maximum Gasteiger partial charge on any atom is 0.673 e. The van der Waals surface area contributed by atoms with Gasteiger partial charge in [0.05, 0.1) is 0 Å². The second-order valence-corrected chi connectivity index (χ2v) is 8.03. The van der Waals surface area contributed by atoms with E-state index in [1.165, 1.54) is 26.1 Å². The van der Waals surface area contributed by atoms with Gasteiger partial charge in [-0.3, -0.25) is 0 Å². The summed E-state index contributed by atoms with van der Waals surface area (Å²) in [7, 11) is -6.00. The van der Waals surface area contributed by atoms with Crippen LogP contribution in [0, 0.1) is 11.8 Å². The third-order valence-corrected chi connectivity index (χ3v) is 7.61. The molecule has 0 aromatic carbocycles. The number of hydrogen-bond acceptors (Lipinski definition) is 0. The second-order valence-electron chi connectivity index (χ2n) is 6.56. The molecule has 2 aliphatic carbocycles. The van der Waals surface area contributed by atoms with E-state index in [2.05, 4.69) is 55.4 Å². The van der Waals surface area contributed by atoms with Gasteiger partial charge in [-0.1, -0.05) is 0 Å². The van der Waals surface area contributed by atoms with E-state index in [0.717, 1.165) is 0 Å². The number of hydrogen-bond donors (Lipinski definition) is 0. The normalized spacial score (nSPS) is 25.0. The van der Waals surface area contributed by atoms with Crippen LogP contribution in [0.25, 0.3) is 0 Å². The number of halogens is 4. The van der Waals surface area contributed by atoms with Crippen LogP contribution in [0.5, 0.6) is 0 Å². The van der Waals surface area contributed by atoms with Crippen LogP contribution in [0.15, 0.2) is 42.4 Å². The van der Waals surface area contributed by atoms with Gasteiger partial charge in [-0.05, 0) is 0 Å². The van der Waals surface area contributed by atoms with Gasteiger partial charge in [0, 0.05) is 0 Å². The summed E-state index contributed by atoms with van der Waals surface area (Å²) in [6.07, 6.45) is 0. The minimum absolute atomic E-state index is 0.633. The number of allylic oxidation sites excluding steroid dienone is 8. The van der Waals surface area contributed by atoms with Crippen LogP contribution in [-0.4, -0.2) is 7.25 Å². The molecule has 2 unspecified atom stereocenters. The van der Waals surface area contributed by atoms with Gasteiger partial charge in [0.1, 0.15) is 0 Å². The Labute approximate surface area is 149 Å². The second kappa shape index (κ2) is 7.66. The molecule has 0 spiro atoms. The molecule has 0 radical (unpaired) electrons. The van der Waals surface area contributed by atoms with Crippen molar-refractivity contribution in [3.8, 4) is 0 Å². The average molecular weight is 385 g/mol. The monoisotopic (exact) mass is 385 g/mol. The van der Waals surface area contributed by atoms with E-state index < -0.39 is 7.25 Å². The Balaban J connectivity index is 0.000000505. The van der Waals surface area contributed by atoms with Gasteiger partial charge >= 0.3 is 132 Å². The van der Waals surface area contributed by atoms with Gasteiger partial charge in [-0.25, -0.2) is 0 Å². The smallest absolute Gasteiger partial charge is 0.418 e. The van der Waals surface area contributed by atoms with Crippen molar-refractivity contribution in [3.63, 3.8) is 0 Å². The first-order valence-electron chi connectivity index (χ1n) is 8.04. The summed E-state index contributed by atoms with van der Waals surface area (Å²) in [4.78, 5) is 0. The SMILES string of the molecule is CC1=C(C)C(C)[C]([Fe+][C]2=C(C)C(C)=C(C)C2C)=C1C.F[B-](F)(F)F. The summed E-state index contributed by atoms with van der Waals surface area (Å²) in [6, 6.07) is 0. The Bertz CT molecular complexity index is 594. The van der Waals surface area contributed by atoms with Crippen molar-refractivity contribution in [1.29, 1.82) is 0 Å². The van der Waals surface area contributed by atoms with Gasteiger partial charge in [0.15, 0.2) is 0 Å². The van der Waals surface area contributed by atoms with Crippen molar-refractivity contribution in [2.24, 2.45) is 11.8 Å². The van der Waals surface area contributed by atoms with E-state index in [0.29, 0.717) is 11.8 Å². The first kappa shape index (κ1) is 21.3. The van der Waals surface area contributed by atoms with E-state index in [4.69, 9.17) is 0 Å². The van der Waals surface area contributed by atoms with Crippen LogP contribution in [-0.2, 0) is 15.0 Å². The molecule has 2 atom stereocenters. The standard InChI is InChI=1S/2C9H13.BF4.Fe/c2*1-6-5-7(2)9(4)8(6)3;2-1(3,4)5;/h2*6H,1-4H3;;/q;;-1;+1. The van der Waals surface area contributed by atoms with E-state index in [-0.39, 0.29) is 0 Å². The van der Waals surface area contributed by atoms with Crippen molar-refractivity contribution in [2.75, 3.05) is 0 Å². The third kappa shape index (κ3) is 4.67. The molecular weight excluding hydrogens is 359 g/mol. The van der Waals surface area contributed by atoms with Gasteiger partial charge in [0.2, 0.25) is 0 Å². The van der Waals surface area contributed by atoms with Gasteiger partial charge in [0.25, 0.3) is 0 Å². The van der Waals surface area contributed by atoms with Crippen molar-refractivity contribution < 1.29 is 32.2 Å². The maximum atomic E-state index is 9.75. The molecule has 0 saturated carbocycles. The molecule has 0 saturated heterocycles. The van der Waals surface area contributed by atoms with Crippen molar-refractivity contribution in [3.05, 3.63) is 42.4 Å². The Hall–Kier alpha value is -0.736. The molecule has 6 heteroatoms. The summed E-state index contributed by atoms with van der Waals surface area (Å²) in [6.45, 7) is 18.5. The first-order chi connectivity index (χ1) is 10.8. The van der Waals surface area contributed by atoms with E-state index in [1.807, 2.05) is 0 Å². The molecule has 2 aliphatic rings. The van der Waals surface area contributed by atoms with Crippen LogP contribution >= 0.6 is 0 Å². The fourth-order valence-corrected chi connectivity index (χ4v) is 5.10. The quantitative estimate of drug-likeness (QED) is 0.359. The Morgan fingerprint density at radius 3 is 1.04 bits per heavy atom. The molecule has 0 heterocycles. The van der Waals surface area contributed by atoms with E-state index in [9.17, 15) is 17.3 Å². The zero-order valence-corrected chi connectivity index (χ0v) is 16.7. The zero-order chi connectivity index (χ0) is 19.0. The van der Waals surface area contributed by atoms with Crippen LogP contribution in [0.3, 0.4) is 0 Å². The molecule has 0 nitrogen and oxygen atoms in total. The fourth-order valence-electron chi connectivity index (χ4n) is 3.00. The Morgan fingerprint density at radius 1 is 0.625 bits per heavy atom. The molecule has 2 rings (SSSR count). The summed E-state index contributed by atoms with van der Waals surface area (Å²) < 4.78 is 42.3. The molecular formula is C18H26BF4Fe. The first-order valence-corrected chi connectivity index (χ1v) is 9.14. The summed E-state index contributed by atoms with van der Waals surface area (Å²) in [5.74, 6) is 1.27. The maximum absolute atomic E-state index is 9.75. The summed E-state index contributed by atoms with van der Waals surface area (Å²) in [5, 5.41) is 0.